The number of carbonyl (C=O) groups is 1. The summed E-state index contributed by atoms with van der Waals surface area (Å²) in [7, 11) is 1.28. The van der Waals surface area contributed by atoms with Crippen molar-refractivity contribution in [2.45, 2.75) is 45.3 Å². The molecule has 0 radical (unpaired) electrons. The van der Waals surface area contributed by atoms with E-state index in [1.165, 1.54) is 19.2 Å². The van der Waals surface area contributed by atoms with Gasteiger partial charge in [-0.05, 0) is 60.2 Å². The molecule has 0 bridgehead atoms. The van der Waals surface area contributed by atoms with Crippen molar-refractivity contribution in [3.05, 3.63) is 119 Å². The molecule has 0 aromatic heterocycles. The van der Waals surface area contributed by atoms with Crippen LogP contribution in [-0.4, -0.2) is 24.8 Å². The molecule has 0 amide bonds. The zero-order valence-corrected chi connectivity index (χ0v) is 22.9. The Labute approximate surface area is 236 Å². The lowest BCUT2D eigenvalue weighted by Gasteiger charge is -2.17. The number of phenolic OH excluding ortho intramolecular Hbond substituents is 1. The van der Waals surface area contributed by atoms with E-state index in [-0.39, 0.29) is 11.3 Å². The molecular formula is C34H36O6. The first-order chi connectivity index (χ1) is 19.6. The lowest BCUT2D eigenvalue weighted by molar-refractivity contribution is 0.0597. The SMILES string of the molecule is COC(=O)c1cc(OCCCCCCc2cccc(OCc3ccccc3)c2OCc2ccccc2)ccc1O. The zero-order valence-electron chi connectivity index (χ0n) is 22.9. The van der Waals surface area contributed by atoms with Gasteiger partial charge in [-0.25, -0.2) is 4.79 Å². The topological polar surface area (TPSA) is 74.2 Å². The number of rotatable bonds is 15. The van der Waals surface area contributed by atoms with Crippen molar-refractivity contribution in [1.82, 2.24) is 0 Å². The smallest absolute Gasteiger partial charge is 0.341 e. The van der Waals surface area contributed by atoms with E-state index in [1.807, 2.05) is 48.5 Å². The summed E-state index contributed by atoms with van der Waals surface area (Å²) >= 11 is 0. The molecule has 4 aromatic rings. The van der Waals surface area contributed by atoms with E-state index in [4.69, 9.17) is 18.9 Å². The summed E-state index contributed by atoms with van der Waals surface area (Å²) in [5.41, 5.74) is 3.45. The fourth-order valence-corrected chi connectivity index (χ4v) is 4.34. The number of phenols is 1. The lowest BCUT2D eigenvalue weighted by atomic mass is 10.0. The number of unbranched alkanes of at least 4 members (excludes halogenated alkanes) is 3. The van der Waals surface area contributed by atoms with Crippen LogP contribution in [0.15, 0.2) is 97.1 Å². The Balaban J connectivity index is 1.29. The first-order valence-corrected chi connectivity index (χ1v) is 13.6. The number of methoxy groups -OCH3 is 1. The van der Waals surface area contributed by atoms with Gasteiger partial charge in [0.2, 0.25) is 0 Å². The molecule has 1 N–H and O–H groups in total. The third-order valence-corrected chi connectivity index (χ3v) is 6.51. The number of carbonyl (C=O) groups excluding carboxylic acids is 1. The molecule has 4 aromatic carbocycles. The first-order valence-electron chi connectivity index (χ1n) is 13.6. The van der Waals surface area contributed by atoms with Crippen molar-refractivity contribution in [2.24, 2.45) is 0 Å². The molecule has 0 aliphatic carbocycles. The maximum atomic E-state index is 11.8. The normalized spacial score (nSPS) is 10.6. The van der Waals surface area contributed by atoms with Gasteiger partial charge in [-0.2, -0.15) is 0 Å². The van der Waals surface area contributed by atoms with Gasteiger partial charge in [0, 0.05) is 0 Å². The van der Waals surface area contributed by atoms with E-state index in [1.54, 1.807) is 6.07 Å². The Morgan fingerprint density at radius 2 is 1.38 bits per heavy atom. The van der Waals surface area contributed by atoms with Gasteiger partial charge in [0.25, 0.3) is 0 Å². The van der Waals surface area contributed by atoms with Crippen LogP contribution in [-0.2, 0) is 24.4 Å². The number of aromatic hydroxyl groups is 1. The van der Waals surface area contributed by atoms with Gasteiger partial charge in [0.1, 0.15) is 30.3 Å². The second-order valence-corrected chi connectivity index (χ2v) is 9.48. The van der Waals surface area contributed by atoms with Crippen LogP contribution in [0.3, 0.4) is 0 Å². The summed E-state index contributed by atoms with van der Waals surface area (Å²) in [5, 5.41) is 9.84. The van der Waals surface area contributed by atoms with Crippen molar-refractivity contribution in [3.8, 4) is 23.0 Å². The van der Waals surface area contributed by atoms with Gasteiger partial charge < -0.3 is 24.1 Å². The molecule has 0 atom stereocenters. The molecule has 0 aliphatic heterocycles. The van der Waals surface area contributed by atoms with E-state index >= 15 is 0 Å². The summed E-state index contributed by atoms with van der Waals surface area (Å²) in [6.45, 7) is 1.49. The number of para-hydroxylation sites is 1. The van der Waals surface area contributed by atoms with E-state index < -0.39 is 5.97 Å². The Hall–Kier alpha value is -4.45. The number of hydrogen-bond acceptors (Lipinski definition) is 6. The van der Waals surface area contributed by atoms with Crippen molar-refractivity contribution in [1.29, 1.82) is 0 Å². The monoisotopic (exact) mass is 540 g/mol. The van der Waals surface area contributed by atoms with Crippen LogP contribution in [0.5, 0.6) is 23.0 Å². The third-order valence-electron chi connectivity index (χ3n) is 6.51. The minimum absolute atomic E-state index is 0.0975. The van der Waals surface area contributed by atoms with Crippen LogP contribution < -0.4 is 14.2 Å². The highest BCUT2D eigenvalue weighted by molar-refractivity contribution is 5.92. The Morgan fingerprint density at radius 3 is 2.08 bits per heavy atom. The van der Waals surface area contributed by atoms with E-state index in [9.17, 15) is 9.90 Å². The molecule has 40 heavy (non-hydrogen) atoms. The fourth-order valence-electron chi connectivity index (χ4n) is 4.34. The summed E-state index contributed by atoms with van der Waals surface area (Å²) in [4.78, 5) is 11.8. The third kappa shape index (κ3) is 8.53. The summed E-state index contributed by atoms with van der Waals surface area (Å²) in [5.74, 6) is 1.38. The van der Waals surface area contributed by atoms with Crippen LogP contribution >= 0.6 is 0 Å². The van der Waals surface area contributed by atoms with Crippen molar-refractivity contribution in [3.63, 3.8) is 0 Å². The highest BCUT2D eigenvalue weighted by atomic mass is 16.5. The highest BCUT2D eigenvalue weighted by Gasteiger charge is 2.14. The minimum Gasteiger partial charge on any atom is -0.507 e. The largest absolute Gasteiger partial charge is 0.507 e. The molecule has 0 saturated heterocycles. The Kier molecular flexibility index (Phi) is 10.9. The molecule has 6 nitrogen and oxygen atoms in total. The standard InChI is InChI=1S/C34H36O6/c1-37-34(36)30-23-29(20-21-31(30)35)38-22-11-3-2-10-17-28-18-12-19-32(39-24-26-13-6-4-7-14-26)33(28)40-25-27-15-8-5-9-16-27/h4-9,12-16,18-21,23,35H,2-3,10-11,17,22,24-25H2,1H3. The van der Waals surface area contributed by atoms with E-state index in [2.05, 4.69) is 30.3 Å². The van der Waals surface area contributed by atoms with Gasteiger partial charge in [-0.1, -0.05) is 85.6 Å². The van der Waals surface area contributed by atoms with Crippen LogP contribution in [0.25, 0.3) is 0 Å². The van der Waals surface area contributed by atoms with Gasteiger partial charge in [-0.15, -0.1) is 0 Å². The quantitative estimate of drug-likeness (QED) is 0.124. The molecule has 0 fully saturated rings. The van der Waals surface area contributed by atoms with Crippen molar-refractivity contribution < 1.29 is 28.8 Å². The van der Waals surface area contributed by atoms with Crippen LogP contribution in [0.2, 0.25) is 0 Å². The van der Waals surface area contributed by atoms with Crippen LogP contribution in [0.4, 0.5) is 0 Å². The number of aryl methyl sites for hydroxylation is 1. The summed E-state index contributed by atoms with van der Waals surface area (Å²) < 4.78 is 23.0. The molecule has 6 heteroatoms. The second-order valence-electron chi connectivity index (χ2n) is 9.48. The number of esters is 1. The predicted molar refractivity (Wildman–Crippen MR) is 155 cm³/mol. The van der Waals surface area contributed by atoms with Crippen LogP contribution in [0, 0.1) is 0 Å². The predicted octanol–water partition coefficient (Wildman–Crippen LogP) is 7.52. The van der Waals surface area contributed by atoms with Gasteiger partial charge >= 0.3 is 5.97 Å². The molecule has 0 spiro atoms. The average molecular weight is 541 g/mol. The number of hydrogen-bond donors (Lipinski definition) is 1. The van der Waals surface area contributed by atoms with Crippen molar-refractivity contribution >= 4 is 5.97 Å². The fraction of sp³-hybridized carbons (Fsp3) is 0.265. The van der Waals surface area contributed by atoms with Crippen molar-refractivity contribution in [2.75, 3.05) is 13.7 Å². The highest BCUT2D eigenvalue weighted by Crippen LogP contribution is 2.34. The summed E-state index contributed by atoms with van der Waals surface area (Å²) in [6, 6.07) is 31.0. The molecular weight excluding hydrogens is 504 g/mol. The van der Waals surface area contributed by atoms with E-state index in [0.29, 0.717) is 25.6 Å². The minimum atomic E-state index is -0.593. The van der Waals surface area contributed by atoms with Gasteiger partial charge in [0.05, 0.1) is 13.7 Å². The van der Waals surface area contributed by atoms with Gasteiger partial charge in [-0.3, -0.25) is 0 Å². The molecule has 4 rings (SSSR count). The first kappa shape index (κ1) is 28.6. The lowest BCUT2D eigenvalue weighted by Crippen LogP contribution is -2.04. The molecule has 0 aliphatic rings. The Morgan fingerprint density at radius 1 is 0.700 bits per heavy atom. The summed E-state index contributed by atoms with van der Waals surface area (Å²) in [6.07, 6.45) is 4.82. The van der Waals surface area contributed by atoms with Gasteiger partial charge in [0.15, 0.2) is 11.5 Å². The molecule has 0 heterocycles. The second kappa shape index (κ2) is 15.2. The Bertz CT molecular complexity index is 1340. The molecule has 0 saturated carbocycles. The number of ether oxygens (including phenoxy) is 4. The maximum Gasteiger partial charge on any atom is 0.341 e. The molecule has 208 valence electrons. The zero-order chi connectivity index (χ0) is 28.0. The number of benzene rings is 4. The molecule has 0 unspecified atom stereocenters. The van der Waals surface area contributed by atoms with E-state index in [0.717, 1.165) is 60.3 Å². The maximum absolute atomic E-state index is 11.8. The van der Waals surface area contributed by atoms with Crippen LogP contribution in [0.1, 0.15) is 52.7 Å². The average Bonchev–Trinajstić information content (AvgIpc) is 3.00.